The van der Waals surface area contributed by atoms with E-state index in [0.717, 1.165) is 18.6 Å². The molecule has 1 radical (unpaired) electrons. The Labute approximate surface area is 91.9 Å². The molecule has 1 fully saturated rings. The van der Waals surface area contributed by atoms with Gasteiger partial charge in [-0.25, -0.2) is 0 Å². The molecular formula is C12H16BO2. The standard InChI is InChI=1S/C12H16BO2/c1-3-7-11(8-4-1)14-13-15-12-9-5-2-6-10-12/h1,3-4,7-8,12H,2,5-6,9-10H2. The van der Waals surface area contributed by atoms with Gasteiger partial charge in [0.1, 0.15) is 0 Å². The molecule has 0 saturated heterocycles. The normalized spacial score (nSPS) is 17.3. The van der Waals surface area contributed by atoms with Crippen molar-refractivity contribution in [2.45, 2.75) is 38.2 Å². The first kappa shape index (κ1) is 10.6. The molecule has 1 saturated carbocycles. The third-order valence-corrected chi connectivity index (χ3v) is 2.73. The number of hydrogen-bond donors (Lipinski definition) is 0. The Bertz CT molecular complexity index is 270. The second kappa shape index (κ2) is 5.81. The Balaban J connectivity index is 1.66. The van der Waals surface area contributed by atoms with E-state index in [0.29, 0.717) is 6.10 Å². The minimum absolute atomic E-state index is 0.363. The van der Waals surface area contributed by atoms with E-state index in [1.165, 1.54) is 26.9 Å². The van der Waals surface area contributed by atoms with E-state index in [4.69, 9.17) is 9.31 Å². The first-order valence-electron chi connectivity index (χ1n) is 5.64. The molecule has 0 unspecified atom stereocenters. The zero-order valence-electron chi connectivity index (χ0n) is 8.89. The van der Waals surface area contributed by atoms with E-state index in [2.05, 4.69) is 0 Å². The molecule has 0 heterocycles. The first-order chi connectivity index (χ1) is 7.45. The smallest absolute Gasteiger partial charge is 0.537 e. The van der Waals surface area contributed by atoms with Crippen molar-refractivity contribution in [1.29, 1.82) is 0 Å². The molecule has 0 aliphatic heterocycles. The van der Waals surface area contributed by atoms with Gasteiger partial charge in [-0.2, -0.15) is 0 Å². The SMILES string of the molecule is [B](Oc1ccccc1)OC1CCCCC1. The molecule has 0 amide bonds. The molecule has 1 aromatic carbocycles. The largest absolute Gasteiger partial charge is 0.572 e. The summed E-state index contributed by atoms with van der Waals surface area (Å²) in [6.45, 7) is 0. The van der Waals surface area contributed by atoms with Crippen molar-refractivity contribution in [3.63, 3.8) is 0 Å². The second-order valence-electron chi connectivity index (χ2n) is 3.92. The summed E-state index contributed by atoms with van der Waals surface area (Å²) in [5.74, 6) is 0.827. The van der Waals surface area contributed by atoms with Gasteiger partial charge in [0.2, 0.25) is 0 Å². The molecule has 0 N–H and O–H groups in total. The molecule has 1 aliphatic rings. The molecule has 1 aliphatic carbocycles. The molecule has 2 rings (SSSR count). The monoisotopic (exact) mass is 203 g/mol. The van der Waals surface area contributed by atoms with Gasteiger partial charge in [-0.1, -0.05) is 37.5 Å². The van der Waals surface area contributed by atoms with Crippen molar-refractivity contribution in [3.8, 4) is 5.75 Å². The molecule has 0 aromatic heterocycles. The minimum Gasteiger partial charge on any atom is -0.537 e. The van der Waals surface area contributed by atoms with Crippen LogP contribution < -0.4 is 4.65 Å². The van der Waals surface area contributed by atoms with Gasteiger partial charge in [-0.15, -0.1) is 0 Å². The van der Waals surface area contributed by atoms with Crippen LogP contribution in [0.3, 0.4) is 0 Å². The van der Waals surface area contributed by atoms with Crippen molar-refractivity contribution in [2.75, 3.05) is 0 Å². The Morgan fingerprint density at radius 2 is 1.73 bits per heavy atom. The quantitative estimate of drug-likeness (QED) is 0.700. The molecule has 1 aromatic rings. The van der Waals surface area contributed by atoms with Crippen LogP contribution in [0.25, 0.3) is 0 Å². The van der Waals surface area contributed by atoms with Gasteiger partial charge in [0, 0.05) is 6.10 Å². The average Bonchev–Trinajstić information content (AvgIpc) is 2.32. The van der Waals surface area contributed by atoms with Crippen LogP contribution in [0.15, 0.2) is 30.3 Å². The van der Waals surface area contributed by atoms with E-state index < -0.39 is 0 Å². The fourth-order valence-corrected chi connectivity index (χ4v) is 1.86. The Kier molecular flexibility index (Phi) is 4.09. The maximum absolute atomic E-state index is 5.54. The van der Waals surface area contributed by atoms with Crippen molar-refractivity contribution >= 4 is 7.69 Å². The number of hydrogen-bond acceptors (Lipinski definition) is 2. The summed E-state index contributed by atoms with van der Waals surface area (Å²) < 4.78 is 10.9. The zero-order valence-corrected chi connectivity index (χ0v) is 8.89. The average molecular weight is 203 g/mol. The number of rotatable bonds is 4. The molecule has 0 atom stereocenters. The summed E-state index contributed by atoms with van der Waals surface area (Å²) in [4.78, 5) is 0. The highest BCUT2D eigenvalue weighted by molar-refractivity contribution is 6.19. The van der Waals surface area contributed by atoms with Gasteiger partial charge in [-0.3, -0.25) is 0 Å². The summed E-state index contributed by atoms with van der Waals surface area (Å²) in [6.07, 6.45) is 6.60. The lowest BCUT2D eigenvalue weighted by atomic mass is 9.97. The lowest BCUT2D eigenvalue weighted by molar-refractivity contribution is 0.143. The third-order valence-electron chi connectivity index (χ3n) is 2.73. The van der Waals surface area contributed by atoms with Crippen molar-refractivity contribution in [2.24, 2.45) is 0 Å². The van der Waals surface area contributed by atoms with Crippen molar-refractivity contribution in [3.05, 3.63) is 30.3 Å². The maximum Gasteiger partial charge on any atom is 0.572 e. The summed E-state index contributed by atoms with van der Waals surface area (Å²) in [6, 6.07) is 9.70. The third kappa shape index (κ3) is 3.59. The Morgan fingerprint density at radius 1 is 1.00 bits per heavy atom. The van der Waals surface area contributed by atoms with Crippen molar-refractivity contribution in [1.82, 2.24) is 0 Å². The summed E-state index contributed by atoms with van der Waals surface area (Å²) >= 11 is 0. The molecule has 2 nitrogen and oxygen atoms in total. The fourth-order valence-electron chi connectivity index (χ4n) is 1.86. The molecule has 3 heteroatoms. The summed E-state index contributed by atoms with van der Waals surface area (Å²) in [5.41, 5.74) is 0. The van der Waals surface area contributed by atoms with E-state index in [1.54, 1.807) is 0 Å². The summed E-state index contributed by atoms with van der Waals surface area (Å²) in [5, 5.41) is 0. The predicted octanol–water partition coefficient (Wildman–Crippen LogP) is 2.95. The van der Waals surface area contributed by atoms with Crippen LogP contribution in [-0.2, 0) is 4.65 Å². The number of para-hydroxylation sites is 1. The lowest BCUT2D eigenvalue weighted by Gasteiger charge is -2.21. The van der Waals surface area contributed by atoms with E-state index >= 15 is 0 Å². The minimum atomic E-state index is 0.363. The molecule has 0 bridgehead atoms. The van der Waals surface area contributed by atoms with Gasteiger partial charge in [0.25, 0.3) is 0 Å². The Morgan fingerprint density at radius 3 is 2.47 bits per heavy atom. The van der Waals surface area contributed by atoms with Gasteiger partial charge >= 0.3 is 7.69 Å². The molecule has 0 spiro atoms. The van der Waals surface area contributed by atoms with Gasteiger partial charge in [0.15, 0.2) is 0 Å². The second-order valence-corrected chi connectivity index (χ2v) is 3.92. The van der Waals surface area contributed by atoms with E-state index in [9.17, 15) is 0 Å². The van der Waals surface area contributed by atoms with Gasteiger partial charge in [0.05, 0.1) is 5.75 Å². The lowest BCUT2D eigenvalue weighted by Crippen LogP contribution is -2.21. The summed E-state index contributed by atoms with van der Waals surface area (Å²) in [7, 11) is 1.48. The maximum atomic E-state index is 5.54. The fraction of sp³-hybridized carbons (Fsp3) is 0.500. The van der Waals surface area contributed by atoms with Gasteiger partial charge < -0.3 is 9.31 Å². The van der Waals surface area contributed by atoms with Crippen molar-refractivity contribution < 1.29 is 9.31 Å². The van der Waals surface area contributed by atoms with E-state index in [-0.39, 0.29) is 0 Å². The topological polar surface area (TPSA) is 18.5 Å². The van der Waals surface area contributed by atoms with Crippen LogP contribution in [0.1, 0.15) is 32.1 Å². The predicted molar refractivity (Wildman–Crippen MR) is 60.8 cm³/mol. The van der Waals surface area contributed by atoms with Crippen LogP contribution in [0, 0.1) is 0 Å². The highest BCUT2D eigenvalue weighted by Gasteiger charge is 2.14. The number of benzene rings is 1. The zero-order chi connectivity index (χ0) is 10.3. The highest BCUT2D eigenvalue weighted by Crippen LogP contribution is 2.20. The van der Waals surface area contributed by atoms with Crippen LogP contribution in [0.5, 0.6) is 5.75 Å². The Hall–Kier alpha value is -0.955. The molecular weight excluding hydrogens is 187 g/mol. The van der Waals surface area contributed by atoms with Crippen LogP contribution in [0.2, 0.25) is 0 Å². The molecule has 15 heavy (non-hydrogen) atoms. The van der Waals surface area contributed by atoms with E-state index in [1.807, 2.05) is 30.3 Å². The van der Waals surface area contributed by atoms with Crippen LogP contribution >= 0.6 is 0 Å². The van der Waals surface area contributed by atoms with Crippen LogP contribution in [-0.4, -0.2) is 13.8 Å². The van der Waals surface area contributed by atoms with Crippen LogP contribution in [0.4, 0.5) is 0 Å². The highest BCUT2D eigenvalue weighted by atomic mass is 16.6. The van der Waals surface area contributed by atoms with Gasteiger partial charge in [-0.05, 0) is 25.0 Å². The molecule has 79 valence electrons. The first-order valence-corrected chi connectivity index (χ1v) is 5.64.